The second kappa shape index (κ2) is 11.8. The number of fused-ring (bicyclic) bond motifs is 3. The average molecular weight is 483 g/mol. The van der Waals surface area contributed by atoms with E-state index in [0.717, 1.165) is 11.1 Å². The third kappa shape index (κ3) is 6.37. The van der Waals surface area contributed by atoms with Gasteiger partial charge >= 0.3 is 12.1 Å². The number of amides is 2. The first-order valence-corrected chi connectivity index (χ1v) is 11.8. The summed E-state index contributed by atoms with van der Waals surface area (Å²) in [5, 5.41) is 14.3. The summed E-state index contributed by atoms with van der Waals surface area (Å²) in [5.41, 5.74) is 4.66. The van der Waals surface area contributed by atoms with Crippen LogP contribution in [0.5, 0.6) is 0 Å². The Kier molecular flexibility index (Phi) is 8.33. The second-order valence-corrected chi connectivity index (χ2v) is 8.58. The molecule has 1 saturated heterocycles. The van der Waals surface area contributed by atoms with Gasteiger partial charge in [0.05, 0.1) is 19.3 Å². The Morgan fingerprint density at radius 3 is 2.29 bits per heavy atom. The number of carbonyl (C=O) groups excluding carboxylic acids is 2. The highest BCUT2D eigenvalue weighted by molar-refractivity contribution is 5.79. The molecule has 0 aromatic heterocycles. The maximum absolute atomic E-state index is 12.1. The summed E-state index contributed by atoms with van der Waals surface area (Å²) in [7, 11) is 0. The van der Waals surface area contributed by atoms with Crippen LogP contribution in [-0.4, -0.2) is 68.2 Å². The predicted octanol–water partition coefficient (Wildman–Crippen LogP) is 2.68. The zero-order valence-corrected chi connectivity index (χ0v) is 19.4. The van der Waals surface area contributed by atoms with Crippen LogP contribution < -0.4 is 10.6 Å². The van der Waals surface area contributed by atoms with E-state index >= 15 is 0 Å². The zero-order valence-electron chi connectivity index (χ0n) is 19.4. The lowest BCUT2D eigenvalue weighted by Crippen LogP contribution is -2.33. The minimum absolute atomic E-state index is 0.00700. The lowest BCUT2D eigenvalue weighted by Gasteiger charge is -2.14. The molecule has 0 saturated carbocycles. The summed E-state index contributed by atoms with van der Waals surface area (Å²) in [6.07, 6.45) is -0.346. The number of rotatable bonds is 11. The van der Waals surface area contributed by atoms with Crippen LogP contribution in [0.3, 0.4) is 0 Å². The Morgan fingerprint density at radius 2 is 1.63 bits per heavy atom. The van der Waals surface area contributed by atoms with Crippen molar-refractivity contribution in [1.29, 1.82) is 0 Å². The van der Waals surface area contributed by atoms with Gasteiger partial charge in [-0.15, -0.1) is 0 Å². The molecule has 2 aromatic carbocycles. The molecule has 2 unspecified atom stereocenters. The van der Waals surface area contributed by atoms with E-state index in [9.17, 15) is 14.4 Å². The highest BCUT2D eigenvalue weighted by Gasteiger charge is 2.30. The van der Waals surface area contributed by atoms with Gasteiger partial charge in [0, 0.05) is 25.4 Å². The third-order valence-corrected chi connectivity index (χ3v) is 6.24. The van der Waals surface area contributed by atoms with Crippen LogP contribution in [0.15, 0.2) is 48.5 Å². The maximum atomic E-state index is 12.1. The summed E-state index contributed by atoms with van der Waals surface area (Å²) in [4.78, 5) is 34.9. The van der Waals surface area contributed by atoms with Crippen LogP contribution in [0.1, 0.15) is 36.3 Å². The standard InChI is InChI=1S/C26H30N2O7/c29-24(28-15-17-9-10-23(35-17)25(30)31)11-13-33-14-12-27-26(32)34-16-22-20-7-3-1-5-18(20)19-6-2-4-8-21(19)22/h1-8,17,22-23H,9-16H2,(H,27,32)(H,28,29)(H,30,31). The van der Waals surface area contributed by atoms with Gasteiger partial charge in [0.15, 0.2) is 6.10 Å². The van der Waals surface area contributed by atoms with Crippen LogP contribution in [0.2, 0.25) is 0 Å². The molecule has 3 N–H and O–H groups in total. The molecule has 4 rings (SSSR count). The van der Waals surface area contributed by atoms with Gasteiger partial charge in [-0.1, -0.05) is 48.5 Å². The van der Waals surface area contributed by atoms with Crippen molar-refractivity contribution < 1.29 is 33.7 Å². The Morgan fingerprint density at radius 1 is 0.943 bits per heavy atom. The van der Waals surface area contributed by atoms with E-state index in [2.05, 4.69) is 34.9 Å². The number of nitrogens with one attached hydrogen (secondary N) is 2. The molecule has 186 valence electrons. The number of carbonyl (C=O) groups is 3. The number of benzene rings is 2. The van der Waals surface area contributed by atoms with Gasteiger partial charge in [0.1, 0.15) is 6.61 Å². The van der Waals surface area contributed by atoms with E-state index < -0.39 is 18.2 Å². The first kappa shape index (κ1) is 24.7. The fourth-order valence-electron chi connectivity index (χ4n) is 4.50. The number of aliphatic carboxylic acids is 1. The topological polar surface area (TPSA) is 123 Å². The van der Waals surface area contributed by atoms with Crippen LogP contribution in [-0.2, 0) is 23.8 Å². The molecule has 0 radical (unpaired) electrons. The van der Waals surface area contributed by atoms with Crippen molar-refractivity contribution in [2.75, 3.05) is 32.9 Å². The van der Waals surface area contributed by atoms with Gasteiger partial charge in [-0.3, -0.25) is 4.79 Å². The van der Waals surface area contributed by atoms with Crippen molar-refractivity contribution in [3.05, 3.63) is 59.7 Å². The number of carboxylic acids is 1. The highest BCUT2D eigenvalue weighted by atomic mass is 16.5. The first-order chi connectivity index (χ1) is 17.0. The van der Waals surface area contributed by atoms with Crippen molar-refractivity contribution in [1.82, 2.24) is 10.6 Å². The quantitative estimate of drug-likeness (QED) is 0.421. The van der Waals surface area contributed by atoms with E-state index in [1.807, 2.05) is 24.3 Å². The molecule has 1 fully saturated rings. The Labute approximate surface area is 203 Å². The molecule has 0 spiro atoms. The van der Waals surface area contributed by atoms with Crippen LogP contribution in [0.25, 0.3) is 11.1 Å². The summed E-state index contributed by atoms with van der Waals surface area (Å²) >= 11 is 0. The number of hydrogen-bond acceptors (Lipinski definition) is 6. The first-order valence-electron chi connectivity index (χ1n) is 11.8. The van der Waals surface area contributed by atoms with Crippen LogP contribution in [0, 0.1) is 0 Å². The van der Waals surface area contributed by atoms with Crippen molar-refractivity contribution in [2.24, 2.45) is 0 Å². The van der Waals surface area contributed by atoms with Gasteiger partial charge in [-0.25, -0.2) is 9.59 Å². The highest BCUT2D eigenvalue weighted by Crippen LogP contribution is 2.44. The van der Waals surface area contributed by atoms with E-state index in [-0.39, 0.29) is 57.3 Å². The van der Waals surface area contributed by atoms with Gasteiger partial charge < -0.3 is 30.0 Å². The molecule has 2 aliphatic rings. The largest absolute Gasteiger partial charge is 0.479 e. The smallest absolute Gasteiger partial charge is 0.407 e. The second-order valence-electron chi connectivity index (χ2n) is 8.58. The minimum atomic E-state index is -0.973. The fraction of sp³-hybridized carbons (Fsp3) is 0.423. The maximum Gasteiger partial charge on any atom is 0.407 e. The fourth-order valence-corrected chi connectivity index (χ4v) is 4.50. The van der Waals surface area contributed by atoms with Gasteiger partial charge in [-0.05, 0) is 35.1 Å². The van der Waals surface area contributed by atoms with Gasteiger partial charge in [-0.2, -0.15) is 0 Å². The molecule has 1 aliphatic carbocycles. The SMILES string of the molecule is O=C(CCOCCNC(=O)OCC1c2ccccc2-c2ccccc21)NCC1CCC(C(=O)O)O1. The molecule has 2 aromatic rings. The third-order valence-electron chi connectivity index (χ3n) is 6.24. The Bertz CT molecular complexity index is 1010. The number of carboxylic acid groups (broad SMARTS) is 1. The van der Waals surface area contributed by atoms with Gasteiger partial charge in [0.2, 0.25) is 5.91 Å². The van der Waals surface area contributed by atoms with Crippen molar-refractivity contribution >= 4 is 18.0 Å². The van der Waals surface area contributed by atoms with Crippen molar-refractivity contribution in [3.8, 4) is 11.1 Å². The number of hydrogen-bond donors (Lipinski definition) is 3. The summed E-state index contributed by atoms with van der Waals surface area (Å²) in [5.74, 6) is -1.16. The predicted molar refractivity (Wildman–Crippen MR) is 127 cm³/mol. The molecule has 1 aliphatic heterocycles. The number of alkyl carbamates (subject to hydrolysis) is 1. The van der Waals surface area contributed by atoms with Gasteiger partial charge in [0.25, 0.3) is 0 Å². The monoisotopic (exact) mass is 482 g/mol. The van der Waals surface area contributed by atoms with Crippen molar-refractivity contribution in [2.45, 2.75) is 37.4 Å². The molecule has 9 nitrogen and oxygen atoms in total. The molecule has 35 heavy (non-hydrogen) atoms. The molecular weight excluding hydrogens is 452 g/mol. The minimum Gasteiger partial charge on any atom is -0.479 e. The van der Waals surface area contributed by atoms with E-state index in [1.54, 1.807) is 0 Å². The summed E-state index contributed by atoms with van der Waals surface area (Å²) in [6.45, 7) is 1.26. The zero-order chi connectivity index (χ0) is 24.6. The van der Waals surface area contributed by atoms with Crippen LogP contribution >= 0.6 is 0 Å². The van der Waals surface area contributed by atoms with Crippen LogP contribution in [0.4, 0.5) is 4.79 Å². The average Bonchev–Trinajstić information content (AvgIpc) is 3.47. The summed E-state index contributed by atoms with van der Waals surface area (Å²) < 4.78 is 16.2. The van der Waals surface area contributed by atoms with E-state index in [1.165, 1.54) is 11.1 Å². The normalized spacial score (nSPS) is 18.5. The van der Waals surface area contributed by atoms with E-state index in [0.29, 0.717) is 12.8 Å². The Balaban J connectivity index is 1.07. The summed E-state index contributed by atoms with van der Waals surface area (Å²) in [6, 6.07) is 16.3. The Hall–Kier alpha value is -3.43. The lowest BCUT2D eigenvalue weighted by molar-refractivity contribution is -0.149. The van der Waals surface area contributed by atoms with Crippen molar-refractivity contribution in [3.63, 3.8) is 0 Å². The molecule has 2 atom stereocenters. The van der Waals surface area contributed by atoms with E-state index in [4.69, 9.17) is 19.3 Å². The molecule has 1 heterocycles. The number of ether oxygens (including phenoxy) is 3. The lowest BCUT2D eigenvalue weighted by atomic mass is 9.98. The molecule has 9 heteroatoms. The molecule has 0 bridgehead atoms. The molecular formula is C26H30N2O7. The molecule has 2 amide bonds.